The molecule has 1 heterocycles. The van der Waals surface area contributed by atoms with Gasteiger partial charge in [0.2, 0.25) is 0 Å². The van der Waals surface area contributed by atoms with Crippen LogP contribution in [0.25, 0.3) is 11.0 Å². The smallest absolute Gasteiger partial charge is 0.344 e. The Bertz CT molecular complexity index is 944. The highest BCUT2D eigenvalue weighted by atomic mass is 16.6. The Morgan fingerprint density at radius 3 is 1.97 bits per heavy atom. The van der Waals surface area contributed by atoms with E-state index in [9.17, 15) is 14.4 Å². The molecule has 0 amide bonds. The van der Waals surface area contributed by atoms with Gasteiger partial charge in [-0.2, -0.15) is 0 Å². The van der Waals surface area contributed by atoms with E-state index < -0.39 is 28.8 Å². The number of ether oxygens (including phenoxy) is 4. The number of carbonyl (C=O) groups is 2. The normalized spacial score (nSPS) is 11.8. The molecule has 0 aliphatic heterocycles. The highest BCUT2D eigenvalue weighted by molar-refractivity contribution is 5.85. The van der Waals surface area contributed by atoms with Gasteiger partial charge in [-0.3, -0.25) is 0 Å². The van der Waals surface area contributed by atoms with Crippen LogP contribution in [-0.2, 0) is 19.1 Å². The summed E-state index contributed by atoms with van der Waals surface area (Å²) in [7, 11) is 0. The van der Waals surface area contributed by atoms with Gasteiger partial charge < -0.3 is 23.4 Å². The lowest BCUT2D eigenvalue weighted by molar-refractivity contribution is -0.158. The van der Waals surface area contributed by atoms with Crippen molar-refractivity contribution in [1.82, 2.24) is 0 Å². The standard InChI is InChI=1S/C21H26O8/c1-20(2,3)28-18(23)11-25-13-9-15(26-12-19(24)29-21(4,5)6)14-7-8-17(22)27-16(14)10-13/h7-10H,11-12H2,1-6H3. The number of esters is 2. The molecule has 2 rings (SSSR count). The summed E-state index contributed by atoms with van der Waals surface area (Å²) in [5.74, 6) is -0.639. The third kappa shape index (κ3) is 7.48. The van der Waals surface area contributed by atoms with Crippen LogP contribution < -0.4 is 15.1 Å². The molecule has 0 aliphatic carbocycles. The third-order valence-corrected chi connectivity index (χ3v) is 3.22. The van der Waals surface area contributed by atoms with E-state index in [-0.39, 0.29) is 30.3 Å². The van der Waals surface area contributed by atoms with Gasteiger partial charge in [0.05, 0.1) is 5.39 Å². The fraction of sp³-hybridized carbons (Fsp3) is 0.476. The maximum absolute atomic E-state index is 11.9. The minimum atomic E-state index is -0.645. The van der Waals surface area contributed by atoms with Crippen molar-refractivity contribution < 1.29 is 33.0 Å². The van der Waals surface area contributed by atoms with E-state index in [1.165, 1.54) is 24.3 Å². The average molecular weight is 406 g/mol. The van der Waals surface area contributed by atoms with Gasteiger partial charge in [-0.1, -0.05) is 0 Å². The zero-order valence-electron chi connectivity index (χ0n) is 17.5. The first-order valence-electron chi connectivity index (χ1n) is 9.10. The van der Waals surface area contributed by atoms with Crippen LogP contribution in [0.2, 0.25) is 0 Å². The molecule has 8 nitrogen and oxygen atoms in total. The van der Waals surface area contributed by atoms with Crippen molar-refractivity contribution in [2.24, 2.45) is 0 Å². The maximum Gasteiger partial charge on any atom is 0.344 e. The van der Waals surface area contributed by atoms with Gasteiger partial charge in [0.25, 0.3) is 0 Å². The van der Waals surface area contributed by atoms with Gasteiger partial charge in [-0.05, 0) is 47.6 Å². The Hall–Kier alpha value is -3.03. The van der Waals surface area contributed by atoms with Gasteiger partial charge in [0, 0.05) is 18.2 Å². The monoisotopic (exact) mass is 406 g/mol. The average Bonchev–Trinajstić information content (AvgIpc) is 2.54. The van der Waals surface area contributed by atoms with Crippen molar-refractivity contribution in [2.45, 2.75) is 52.7 Å². The van der Waals surface area contributed by atoms with Crippen LogP contribution in [0.5, 0.6) is 11.5 Å². The molecule has 1 aromatic carbocycles. The fourth-order valence-corrected chi connectivity index (χ4v) is 2.34. The molecule has 0 fully saturated rings. The topological polar surface area (TPSA) is 101 Å². The summed E-state index contributed by atoms with van der Waals surface area (Å²) in [6, 6.07) is 5.71. The Morgan fingerprint density at radius 2 is 1.41 bits per heavy atom. The molecule has 0 N–H and O–H groups in total. The first kappa shape index (κ1) is 22.3. The van der Waals surface area contributed by atoms with Crippen LogP contribution >= 0.6 is 0 Å². The summed E-state index contributed by atoms with van der Waals surface area (Å²) in [4.78, 5) is 35.4. The lowest BCUT2D eigenvalue weighted by Gasteiger charge is -2.20. The third-order valence-electron chi connectivity index (χ3n) is 3.22. The molecule has 0 saturated heterocycles. The van der Waals surface area contributed by atoms with Crippen LogP contribution in [0.4, 0.5) is 0 Å². The first-order valence-corrected chi connectivity index (χ1v) is 9.10. The molecule has 0 radical (unpaired) electrons. The Balaban J connectivity index is 2.21. The van der Waals surface area contributed by atoms with E-state index in [4.69, 9.17) is 23.4 Å². The highest BCUT2D eigenvalue weighted by Gasteiger charge is 2.19. The van der Waals surface area contributed by atoms with Crippen molar-refractivity contribution in [3.8, 4) is 11.5 Å². The maximum atomic E-state index is 11.9. The van der Waals surface area contributed by atoms with Crippen molar-refractivity contribution >= 4 is 22.9 Å². The fourth-order valence-electron chi connectivity index (χ4n) is 2.34. The molecule has 0 bridgehead atoms. The largest absolute Gasteiger partial charge is 0.482 e. The van der Waals surface area contributed by atoms with E-state index in [0.29, 0.717) is 5.39 Å². The van der Waals surface area contributed by atoms with Gasteiger partial charge in [-0.25, -0.2) is 14.4 Å². The summed E-state index contributed by atoms with van der Waals surface area (Å²) in [6.07, 6.45) is 0. The Kier molecular flexibility index (Phi) is 6.56. The van der Waals surface area contributed by atoms with Gasteiger partial charge >= 0.3 is 17.6 Å². The molecular formula is C21H26O8. The van der Waals surface area contributed by atoms with Crippen LogP contribution in [0.15, 0.2) is 33.5 Å². The highest BCUT2D eigenvalue weighted by Crippen LogP contribution is 2.31. The molecule has 158 valence electrons. The summed E-state index contributed by atoms with van der Waals surface area (Å²) in [5.41, 5.74) is -1.65. The van der Waals surface area contributed by atoms with Crippen molar-refractivity contribution in [1.29, 1.82) is 0 Å². The number of hydrogen-bond acceptors (Lipinski definition) is 8. The van der Waals surface area contributed by atoms with Crippen LogP contribution in [0.1, 0.15) is 41.5 Å². The number of hydrogen-bond donors (Lipinski definition) is 0. The summed E-state index contributed by atoms with van der Waals surface area (Å²) in [6.45, 7) is 9.81. The Labute approximate surface area is 168 Å². The van der Waals surface area contributed by atoms with Gasteiger partial charge in [-0.15, -0.1) is 0 Å². The number of benzene rings is 1. The van der Waals surface area contributed by atoms with Gasteiger partial charge in [0.1, 0.15) is 28.3 Å². The van der Waals surface area contributed by atoms with Crippen LogP contribution in [0.3, 0.4) is 0 Å². The minimum Gasteiger partial charge on any atom is -0.482 e. The molecule has 1 aromatic heterocycles. The first-order chi connectivity index (χ1) is 13.3. The van der Waals surface area contributed by atoms with Gasteiger partial charge in [0.15, 0.2) is 13.2 Å². The zero-order valence-corrected chi connectivity index (χ0v) is 17.5. The summed E-state index contributed by atoms with van der Waals surface area (Å²) >= 11 is 0. The molecule has 0 aliphatic rings. The molecule has 0 spiro atoms. The number of carbonyl (C=O) groups excluding carboxylic acids is 2. The number of fused-ring (bicyclic) bond motifs is 1. The van der Waals surface area contributed by atoms with E-state index >= 15 is 0 Å². The summed E-state index contributed by atoms with van der Waals surface area (Å²) < 4.78 is 26.6. The Morgan fingerprint density at radius 1 is 0.862 bits per heavy atom. The molecule has 29 heavy (non-hydrogen) atoms. The predicted octanol–water partition coefficient (Wildman–Crippen LogP) is 3.23. The molecule has 0 atom stereocenters. The van der Waals surface area contributed by atoms with Crippen molar-refractivity contribution in [3.63, 3.8) is 0 Å². The van der Waals surface area contributed by atoms with Crippen LogP contribution in [-0.4, -0.2) is 36.4 Å². The quantitative estimate of drug-likeness (QED) is 0.532. The minimum absolute atomic E-state index is 0.193. The molecular weight excluding hydrogens is 380 g/mol. The van der Waals surface area contributed by atoms with E-state index in [0.717, 1.165) is 0 Å². The second-order valence-electron chi connectivity index (χ2n) is 8.34. The van der Waals surface area contributed by atoms with Crippen molar-refractivity contribution in [3.05, 3.63) is 34.7 Å². The van der Waals surface area contributed by atoms with E-state index in [1.54, 1.807) is 41.5 Å². The second kappa shape index (κ2) is 8.55. The molecule has 0 unspecified atom stereocenters. The molecule has 8 heteroatoms. The second-order valence-corrected chi connectivity index (χ2v) is 8.34. The lowest BCUT2D eigenvalue weighted by Crippen LogP contribution is -2.27. The number of rotatable bonds is 6. The molecule has 0 saturated carbocycles. The molecule has 2 aromatic rings. The lowest BCUT2D eigenvalue weighted by atomic mass is 10.2. The van der Waals surface area contributed by atoms with Crippen LogP contribution in [0, 0.1) is 0 Å². The SMILES string of the molecule is CC(C)(C)OC(=O)COc1cc(OCC(=O)OC(C)(C)C)c2ccc(=O)oc2c1. The summed E-state index contributed by atoms with van der Waals surface area (Å²) in [5, 5.41) is 0.470. The van der Waals surface area contributed by atoms with Crippen molar-refractivity contribution in [2.75, 3.05) is 13.2 Å². The predicted molar refractivity (Wildman–Crippen MR) is 105 cm³/mol. The van der Waals surface area contributed by atoms with E-state index in [1.807, 2.05) is 0 Å². The zero-order chi connectivity index (χ0) is 21.8. The van der Waals surface area contributed by atoms with E-state index in [2.05, 4.69) is 0 Å².